The van der Waals surface area contributed by atoms with E-state index >= 15 is 0 Å². The zero-order valence-electron chi connectivity index (χ0n) is 11.7. The molecule has 0 spiro atoms. The van der Waals surface area contributed by atoms with E-state index in [1.807, 2.05) is 7.05 Å². The zero-order chi connectivity index (χ0) is 13.1. The Morgan fingerprint density at radius 2 is 2.05 bits per heavy atom. The molecule has 0 saturated carbocycles. The minimum absolute atomic E-state index is 0.323. The number of rotatable bonds is 3. The first kappa shape index (κ1) is 12.9. The van der Waals surface area contributed by atoms with Crippen LogP contribution in [0, 0.1) is 0 Å². The Morgan fingerprint density at radius 3 is 2.84 bits per heavy atom. The summed E-state index contributed by atoms with van der Waals surface area (Å²) in [5, 5.41) is 3.42. The second kappa shape index (κ2) is 5.93. The standard InChI is InChI=1S/C16H23NO2/c1-17-16-4-2-3-12-5-6-14(11-15(12)16)19-13-7-9-18-10-8-13/h5-6,11,13,16-17H,2-4,7-10H2,1H3. The maximum Gasteiger partial charge on any atom is 0.120 e. The molecule has 1 N–H and O–H groups in total. The molecular weight excluding hydrogens is 238 g/mol. The van der Waals surface area contributed by atoms with Crippen LogP contribution in [0.5, 0.6) is 5.75 Å². The van der Waals surface area contributed by atoms with Crippen molar-refractivity contribution in [3.8, 4) is 5.75 Å². The van der Waals surface area contributed by atoms with Crippen LogP contribution in [0.3, 0.4) is 0 Å². The fraction of sp³-hybridized carbons (Fsp3) is 0.625. The Balaban J connectivity index is 1.75. The van der Waals surface area contributed by atoms with Gasteiger partial charge in [0.2, 0.25) is 0 Å². The van der Waals surface area contributed by atoms with Crippen LogP contribution in [0.1, 0.15) is 42.9 Å². The normalized spacial score (nSPS) is 23.9. The van der Waals surface area contributed by atoms with E-state index in [0.29, 0.717) is 12.1 Å². The minimum Gasteiger partial charge on any atom is -0.490 e. The predicted molar refractivity (Wildman–Crippen MR) is 75.6 cm³/mol. The number of fused-ring (bicyclic) bond motifs is 1. The molecule has 3 nitrogen and oxygen atoms in total. The molecule has 1 aliphatic heterocycles. The molecule has 104 valence electrons. The summed E-state index contributed by atoms with van der Waals surface area (Å²) in [5.74, 6) is 1.02. The van der Waals surface area contributed by atoms with Gasteiger partial charge in [0, 0.05) is 18.9 Å². The highest BCUT2D eigenvalue weighted by Gasteiger charge is 2.20. The Bertz CT molecular complexity index is 427. The second-order valence-corrected chi connectivity index (χ2v) is 5.52. The second-order valence-electron chi connectivity index (χ2n) is 5.52. The molecule has 3 rings (SSSR count). The fourth-order valence-electron chi connectivity index (χ4n) is 3.14. The van der Waals surface area contributed by atoms with E-state index in [1.165, 1.54) is 30.4 Å². The van der Waals surface area contributed by atoms with E-state index in [2.05, 4.69) is 23.5 Å². The summed E-state index contributed by atoms with van der Waals surface area (Å²) in [6, 6.07) is 7.10. The summed E-state index contributed by atoms with van der Waals surface area (Å²) in [6.45, 7) is 1.66. The first-order valence-electron chi connectivity index (χ1n) is 7.41. The van der Waals surface area contributed by atoms with Gasteiger partial charge in [0.15, 0.2) is 0 Å². The highest BCUT2D eigenvalue weighted by molar-refractivity contribution is 5.39. The van der Waals surface area contributed by atoms with Crippen LogP contribution in [0.4, 0.5) is 0 Å². The van der Waals surface area contributed by atoms with Gasteiger partial charge in [0.05, 0.1) is 13.2 Å². The monoisotopic (exact) mass is 261 g/mol. The number of ether oxygens (including phenoxy) is 2. The molecule has 3 heteroatoms. The lowest BCUT2D eigenvalue weighted by atomic mass is 9.87. The molecule has 1 fully saturated rings. The summed E-state index contributed by atoms with van der Waals surface area (Å²) in [6.07, 6.45) is 6.04. The Kier molecular flexibility index (Phi) is 4.04. The van der Waals surface area contributed by atoms with Crippen LogP contribution >= 0.6 is 0 Å². The molecule has 1 saturated heterocycles. The first-order valence-corrected chi connectivity index (χ1v) is 7.41. The highest BCUT2D eigenvalue weighted by Crippen LogP contribution is 2.32. The molecule has 1 unspecified atom stereocenters. The van der Waals surface area contributed by atoms with Gasteiger partial charge in [0.1, 0.15) is 11.9 Å². The van der Waals surface area contributed by atoms with Crippen LogP contribution in [-0.2, 0) is 11.2 Å². The van der Waals surface area contributed by atoms with Crippen molar-refractivity contribution in [1.29, 1.82) is 0 Å². The lowest BCUT2D eigenvalue weighted by Crippen LogP contribution is -2.26. The number of aryl methyl sites for hydroxylation is 1. The van der Waals surface area contributed by atoms with Crippen LogP contribution in [0.2, 0.25) is 0 Å². The van der Waals surface area contributed by atoms with Gasteiger partial charge in [-0.25, -0.2) is 0 Å². The summed E-state index contributed by atoms with van der Waals surface area (Å²) >= 11 is 0. The molecule has 1 aromatic carbocycles. The van der Waals surface area contributed by atoms with Crippen molar-refractivity contribution in [2.75, 3.05) is 20.3 Å². The average Bonchev–Trinajstić information content (AvgIpc) is 2.47. The SMILES string of the molecule is CNC1CCCc2ccc(OC3CCOCC3)cc21. The average molecular weight is 261 g/mol. The molecule has 1 heterocycles. The third-order valence-electron chi connectivity index (χ3n) is 4.25. The van der Waals surface area contributed by atoms with Gasteiger partial charge in [-0.05, 0) is 49.6 Å². The summed E-state index contributed by atoms with van der Waals surface area (Å²) in [5.41, 5.74) is 2.91. The lowest BCUT2D eigenvalue weighted by Gasteiger charge is -2.27. The van der Waals surface area contributed by atoms with Gasteiger partial charge in [-0.3, -0.25) is 0 Å². The minimum atomic E-state index is 0.323. The number of nitrogens with one attached hydrogen (secondary N) is 1. The maximum absolute atomic E-state index is 6.11. The lowest BCUT2D eigenvalue weighted by molar-refractivity contribution is 0.0255. The maximum atomic E-state index is 6.11. The Hall–Kier alpha value is -1.06. The molecule has 0 radical (unpaired) electrons. The molecule has 0 bridgehead atoms. The Morgan fingerprint density at radius 1 is 1.21 bits per heavy atom. The molecule has 1 aliphatic carbocycles. The zero-order valence-corrected chi connectivity index (χ0v) is 11.7. The number of hydrogen-bond donors (Lipinski definition) is 1. The third-order valence-corrected chi connectivity index (χ3v) is 4.25. The fourth-order valence-corrected chi connectivity index (χ4v) is 3.14. The largest absolute Gasteiger partial charge is 0.490 e. The van der Waals surface area contributed by atoms with E-state index in [1.54, 1.807) is 0 Å². The molecule has 2 aliphatic rings. The van der Waals surface area contributed by atoms with Crippen LogP contribution in [-0.4, -0.2) is 26.4 Å². The van der Waals surface area contributed by atoms with E-state index in [9.17, 15) is 0 Å². The third kappa shape index (κ3) is 2.93. The summed E-state index contributed by atoms with van der Waals surface area (Å²) in [7, 11) is 2.05. The van der Waals surface area contributed by atoms with E-state index in [-0.39, 0.29) is 0 Å². The quantitative estimate of drug-likeness (QED) is 0.907. The van der Waals surface area contributed by atoms with Crippen molar-refractivity contribution in [2.24, 2.45) is 0 Å². The van der Waals surface area contributed by atoms with Crippen molar-refractivity contribution < 1.29 is 9.47 Å². The van der Waals surface area contributed by atoms with Crippen LogP contribution < -0.4 is 10.1 Å². The first-order chi connectivity index (χ1) is 9.36. The van der Waals surface area contributed by atoms with Crippen molar-refractivity contribution in [3.63, 3.8) is 0 Å². The topological polar surface area (TPSA) is 30.5 Å². The van der Waals surface area contributed by atoms with Gasteiger partial charge < -0.3 is 14.8 Å². The summed E-state index contributed by atoms with van der Waals surface area (Å²) in [4.78, 5) is 0. The van der Waals surface area contributed by atoms with E-state index < -0.39 is 0 Å². The van der Waals surface area contributed by atoms with Crippen molar-refractivity contribution in [3.05, 3.63) is 29.3 Å². The number of benzene rings is 1. The summed E-state index contributed by atoms with van der Waals surface area (Å²) < 4.78 is 11.5. The molecule has 1 atom stereocenters. The van der Waals surface area contributed by atoms with Gasteiger partial charge in [-0.15, -0.1) is 0 Å². The van der Waals surface area contributed by atoms with E-state index in [0.717, 1.165) is 31.8 Å². The molecule has 0 aromatic heterocycles. The van der Waals surface area contributed by atoms with Crippen LogP contribution in [0.25, 0.3) is 0 Å². The van der Waals surface area contributed by atoms with Gasteiger partial charge in [0.25, 0.3) is 0 Å². The van der Waals surface area contributed by atoms with Crippen LogP contribution in [0.15, 0.2) is 18.2 Å². The van der Waals surface area contributed by atoms with E-state index in [4.69, 9.17) is 9.47 Å². The van der Waals surface area contributed by atoms with Gasteiger partial charge in [-0.1, -0.05) is 6.07 Å². The molecule has 1 aromatic rings. The van der Waals surface area contributed by atoms with Gasteiger partial charge >= 0.3 is 0 Å². The smallest absolute Gasteiger partial charge is 0.120 e. The highest BCUT2D eigenvalue weighted by atomic mass is 16.5. The molecular formula is C16H23NO2. The van der Waals surface area contributed by atoms with Gasteiger partial charge in [-0.2, -0.15) is 0 Å². The van der Waals surface area contributed by atoms with Crippen molar-refractivity contribution >= 4 is 0 Å². The number of hydrogen-bond acceptors (Lipinski definition) is 3. The predicted octanol–water partition coefficient (Wildman–Crippen LogP) is 2.84. The molecule has 0 amide bonds. The molecule has 19 heavy (non-hydrogen) atoms. The van der Waals surface area contributed by atoms with Crippen molar-refractivity contribution in [2.45, 2.75) is 44.2 Å². The van der Waals surface area contributed by atoms with Crippen molar-refractivity contribution in [1.82, 2.24) is 5.32 Å². The Labute approximate surface area is 115 Å².